The number of ether oxygens (including phenoxy) is 1. The second-order valence-electron chi connectivity index (χ2n) is 4.45. The predicted octanol–water partition coefficient (Wildman–Crippen LogP) is 2.55. The lowest BCUT2D eigenvalue weighted by molar-refractivity contribution is -0.130. The fourth-order valence-electron chi connectivity index (χ4n) is 1.83. The highest BCUT2D eigenvalue weighted by Gasteiger charge is 2.12. The molecular weight excluding hydrogens is 308 g/mol. The van der Waals surface area contributed by atoms with Crippen molar-refractivity contribution < 1.29 is 9.53 Å². The van der Waals surface area contributed by atoms with E-state index in [4.69, 9.17) is 10.5 Å². The molecule has 0 heterocycles. The van der Waals surface area contributed by atoms with Crippen LogP contribution in [0.1, 0.15) is 24.8 Å². The summed E-state index contributed by atoms with van der Waals surface area (Å²) in [6.45, 7) is 1.18. The van der Waals surface area contributed by atoms with E-state index in [9.17, 15) is 4.79 Å². The van der Waals surface area contributed by atoms with Crippen molar-refractivity contribution >= 4 is 21.8 Å². The van der Waals surface area contributed by atoms with Crippen molar-refractivity contribution in [2.75, 3.05) is 20.7 Å². The zero-order valence-corrected chi connectivity index (χ0v) is 13.1. The molecule has 0 unspecified atom stereocenters. The summed E-state index contributed by atoms with van der Waals surface area (Å²) in [5.74, 6) is 0.931. The zero-order valence-electron chi connectivity index (χ0n) is 11.5. The van der Waals surface area contributed by atoms with Gasteiger partial charge >= 0.3 is 0 Å². The van der Waals surface area contributed by atoms with Gasteiger partial charge in [0.15, 0.2) is 0 Å². The molecule has 4 nitrogen and oxygen atoms in total. The molecule has 0 aliphatic rings. The molecule has 0 radical (unpaired) electrons. The maximum atomic E-state index is 11.9. The number of benzene rings is 1. The van der Waals surface area contributed by atoms with Gasteiger partial charge < -0.3 is 15.4 Å². The molecule has 1 aromatic rings. The lowest BCUT2D eigenvalue weighted by Gasteiger charge is -2.19. The van der Waals surface area contributed by atoms with Gasteiger partial charge in [0.25, 0.3) is 0 Å². The van der Waals surface area contributed by atoms with Crippen molar-refractivity contribution in [3.63, 3.8) is 0 Å². The van der Waals surface area contributed by atoms with Crippen LogP contribution < -0.4 is 10.5 Å². The highest BCUT2D eigenvalue weighted by Crippen LogP contribution is 2.24. The first-order chi connectivity index (χ1) is 9.08. The van der Waals surface area contributed by atoms with Crippen LogP contribution in [-0.2, 0) is 11.3 Å². The summed E-state index contributed by atoms with van der Waals surface area (Å²) in [6, 6.07) is 5.79. The quantitative estimate of drug-likeness (QED) is 0.782. The van der Waals surface area contributed by atoms with Crippen molar-refractivity contribution in [1.29, 1.82) is 0 Å². The second kappa shape index (κ2) is 8.17. The van der Waals surface area contributed by atoms with Gasteiger partial charge in [-0.15, -0.1) is 0 Å². The topological polar surface area (TPSA) is 55.6 Å². The maximum Gasteiger partial charge on any atom is 0.222 e. The Labute approximate surface area is 123 Å². The normalized spacial score (nSPS) is 10.3. The summed E-state index contributed by atoms with van der Waals surface area (Å²) in [5, 5.41) is 0. The van der Waals surface area contributed by atoms with Gasteiger partial charge in [0.05, 0.1) is 7.11 Å². The summed E-state index contributed by atoms with van der Waals surface area (Å²) in [6.07, 6.45) is 2.28. The molecule has 106 valence electrons. The van der Waals surface area contributed by atoms with E-state index in [-0.39, 0.29) is 5.91 Å². The average Bonchev–Trinajstić information content (AvgIpc) is 2.39. The molecule has 0 saturated heterocycles. The molecule has 0 aliphatic heterocycles. The number of nitrogens with two attached hydrogens (primary N) is 1. The van der Waals surface area contributed by atoms with E-state index in [0.29, 0.717) is 19.5 Å². The Kier molecular flexibility index (Phi) is 6.87. The number of carbonyl (C=O) groups excluding carboxylic acids is 1. The third kappa shape index (κ3) is 5.20. The molecule has 0 saturated carbocycles. The molecule has 1 amide bonds. The van der Waals surface area contributed by atoms with Crippen LogP contribution in [0.25, 0.3) is 0 Å². The Morgan fingerprint density at radius 3 is 2.79 bits per heavy atom. The highest BCUT2D eigenvalue weighted by atomic mass is 79.9. The van der Waals surface area contributed by atoms with Crippen LogP contribution in [-0.4, -0.2) is 31.5 Å². The Balaban J connectivity index is 2.62. The first kappa shape index (κ1) is 16.0. The van der Waals surface area contributed by atoms with Crippen molar-refractivity contribution in [2.45, 2.75) is 25.8 Å². The lowest BCUT2D eigenvalue weighted by atomic mass is 10.1. The van der Waals surface area contributed by atoms with E-state index in [1.54, 1.807) is 12.0 Å². The number of methoxy groups -OCH3 is 1. The van der Waals surface area contributed by atoms with Crippen LogP contribution in [0.4, 0.5) is 0 Å². The zero-order chi connectivity index (χ0) is 14.3. The van der Waals surface area contributed by atoms with E-state index in [1.165, 1.54) is 0 Å². The molecule has 1 rings (SSSR count). The van der Waals surface area contributed by atoms with Crippen molar-refractivity contribution in [2.24, 2.45) is 5.73 Å². The molecule has 19 heavy (non-hydrogen) atoms. The maximum absolute atomic E-state index is 11.9. The smallest absolute Gasteiger partial charge is 0.222 e. The minimum atomic E-state index is 0.135. The van der Waals surface area contributed by atoms with Crippen LogP contribution in [0.2, 0.25) is 0 Å². The summed E-state index contributed by atoms with van der Waals surface area (Å²) in [7, 11) is 3.45. The molecule has 0 atom stereocenters. The van der Waals surface area contributed by atoms with E-state index >= 15 is 0 Å². The van der Waals surface area contributed by atoms with E-state index in [0.717, 1.165) is 28.6 Å². The summed E-state index contributed by atoms with van der Waals surface area (Å²) >= 11 is 3.43. The largest absolute Gasteiger partial charge is 0.496 e. The number of nitrogens with zero attached hydrogens (tertiary/aromatic N) is 1. The van der Waals surface area contributed by atoms with Crippen LogP contribution in [0.3, 0.4) is 0 Å². The molecular formula is C14H21BrN2O2. The van der Waals surface area contributed by atoms with Crippen molar-refractivity contribution in [3.8, 4) is 5.75 Å². The number of rotatable bonds is 7. The number of unbranched alkanes of at least 4 members (excludes halogenated alkanes) is 1. The van der Waals surface area contributed by atoms with E-state index in [2.05, 4.69) is 15.9 Å². The number of carbonyl (C=O) groups is 1. The number of halogens is 1. The lowest BCUT2D eigenvalue weighted by Crippen LogP contribution is -2.26. The van der Waals surface area contributed by atoms with Gasteiger partial charge in [-0.1, -0.05) is 15.9 Å². The van der Waals surface area contributed by atoms with Crippen LogP contribution in [0.15, 0.2) is 22.7 Å². The fourth-order valence-corrected chi connectivity index (χ4v) is 2.23. The Bertz CT molecular complexity index is 424. The molecule has 0 fully saturated rings. The predicted molar refractivity (Wildman–Crippen MR) is 80.1 cm³/mol. The first-order valence-corrected chi connectivity index (χ1v) is 7.14. The Morgan fingerprint density at radius 2 is 2.16 bits per heavy atom. The molecule has 2 N–H and O–H groups in total. The van der Waals surface area contributed by atoms with Crippen LogP contribution >= 0.6 is 15.9 Å². The van der Waals surface area contributed by atoms with Gasteiger partial charge in [0.2, 0.25) is 5.91 Å². The van der Waals surface area contributed by atoms with E-state index < -0.39 is 0 Å². The van der Waals surface area contributed by atoms with Gasteiger partial charge in [0, 0.05) is 30.0 Å². The van der Waals surface area contributed by atoms with Crippen molar-refractivity contribution in [1.82, 2.24) is 4.90 Å². The third-order valence-corrected chi connectivity index (χ3v) is 3.41. The monoisotopic (exact) mass is 328 g/mol. The van der Waals surface area contributed by atoms with E-state index in [1.807, 2.05) is 25.2 Å². The molecule has 0 aliphatic carbocycles. The summed E-state index contributed by atoms with van der Waals surface area (Å²) < 4.78 is 6.28. The minimum absolute atomic E-state index is 0.135. The number of hydrogen-bond donors (Lipinski definition) is 1. The minimum Gasteiger partial charge on any atom is -0.496 e. The van der Waals surface area contributed by atoms with Gasteiger partial charge in [0.1, 0.15) is 5.75 Å². The molecule has 0 spiro atoms. The molecule has 1 aromatic carbocycles. The van der Waals surface area contributed by atoms with Crippen molar-refractivity contribution in [3.05, 3.63) is 28.2 Å². The molecule has 0 bridgehead atoms. The standard InChI is InChI=1S/C14H21BrN2O2/c1-17(14(18)5-3-4-8-16)10-11-9-12(15)6-7-13(11)19-2/h6-7,9H,3-5,8,10,16H2,1-2H3. The first-order valence-electron chi connectivity index (χ1n) is 6.35. The van der Waals surface area contributed by atoms with Crippen LogP contribution in [0, 0.1) is 0 Å². The molecule has 0 aromatic heterocycles. The summed E-state index contributed by atoms with van der Waals surface area (Å²) in [4.78, 5) is 13.7. The molecule has 5 heteroatoms. The Hall–Kier alpha value is -1.07. The summed E-state index contributed by atoms with van der Waals surface area (Å²) in [5.41, 5.74) is 6.41. The highest BCUT2D eigenvalue weighted by molar-refractivity contribution is 9.10. The fraction of sp³-hybridized carbons (Fsp3) is 0.500. The van der Waals surface area contributed by atoms with Crippen LogP contribution in [0.5, 0.6) is 5.75 Å². The third-order valence-electron chi connectivity index (χ3n) is 2.92. The Morgan fingerprint density at radius 1 is 1.42 bits per heavy atom. The van der Waals surface area contributed by atoms with Gasteiger partial charge in [-0.25, -0.2) is 0 Å². The van der Waals surface area contributed by atoms with Gasteiger partial charge in [-0.3, -0.25) is 4.79 Å². The number of amides is 1. The average molecular weight is 329 g/mol. The van der Waals surface area contributed by atoms with Gasteiger partial charge in [-0.2, -0.15) is 0 Å². The SMILES string of the molecule is COc1ccc(Br)cc1CN(C)C(=O)CCCCN. The van der Waals surface area contributed by atoms with Gasteiger partial charge in [-0.05, 0) is 37.6 Å². The second-order valence-corrected chi connectivity index (χ2v) is 5.37. The number of hydrogen-bond acceptors (Lipinski definition) is 3.